The molecule has 1 aliphatic carbocycles. The third-order valence-corrected chi connectivity index (χ3v) is 3.89. The van der Waals surface area contributed by atoms with Gasteiger partial charge in [-0.25, -0.2) is 4.79 Å². The van der Waals surface area contributed by atoms with Crippen molar-refractivity contribution in [1.82, 2.24) is 0 Å². The summed E-state index contributed by atoms with van der Waals surface area (Å²) in [5.41, 5.74) is 6.48. The quantitative estimate of drug-likeness (QED) is 0.784. The van der Waals surface area contributed by atoms with Crippen molar-refractivity contribution in [2.24, 2.45) is 0 Å². The maximum Gasteiger partial charge on any atom is 0.339 e. The number of carbonyl (C=O) groups excluding carboxylic acids is 1. The molecule has 1 aliphatic rings. The molecule has 0 spiro atoms. The van der Waals surface area contributed by atoms with Crippen LogP contribution >= 0.6 is 0 Å². The van der Waals surface area contributed by atoms with Crippen LogP contribution in [0, 0.1) is 6.92 Å². The third kappa shape index (κ3) is 2.27. The van der Waals surface area contributed by atoms with E-state index in [0.717, 1.165) is 27.8 Å². The summed E-state index contributed by atoms with van der Waals surface area (Å²) in [6.45, 7) is 8.33. The molecule has 0 atom stereocenters. The Balaban J connectivity index is 2.23. The van der Waals surface area contributed by atoms with E-state index in [1.54, 1.807) is 0 Å². The van der Waals surface area contributed by atoms with Crippen molar-refractivity contribution >= 4 is 17.1 Å². The van der Waals surface area contributed by atoms with Crippen molar-refractivity contribution in [2.45, 2.75) is 13.8 Å². The summed E-state index contributed by atoms with van der Waals surface area (Å²) in [5.74, 6) is -0.306. The predicted molar refractivity (Wildman–Crippen MR) is 89.3 cm³/mol. The van der Waals surface area contributed by atoms with E-state index in [2.05, 4.69) is 18.7 Å². The highest BCUT2D eigenvalue weighted by Crippen LogP contribution is 2.44. The molecule has 0 aliphatic heterocycles. The van der Waals surface area contributed by atoms with E-state index >= 15 is 0 Å². The average molecular weight is 290 g/mol. The fourth-order valence-electron chi connectivity index (χ4n) is 2.83. The minimum Gasteiger partial charge on any atom is -0.462 e. The first kappa shape index (κ1) is 14.3. The summed E-state index contributed by atoms with van der Waals surface area (Å²) in [6, 6.07) is 16.2. The first-order valence-corrected chi connectivity index (χ1v) is 7.41. The lowest BCUT2D eigenvalue weighted by molar-refractivity contribution is -0.137. The van der Waals surface area contributed by atoms with E-state index in [-0.39, 0.29) is 5.97 Å². The summed E-state index contributed by atoms with van der Waals surface area (Å²) >= 11 is 0. The van der Waals surface area contributed by atoms with Crippen LogP contribution in [0.25, 0.3) is 11.1 Å². The molecule has 3 rings (SSSR count). The summed E-state index contributed by atoms with van der Waals surface area (Å²) in [4.78, 5) is 12.4. The normalized spacial score (nSPS) is 13.3. The number of carbonyl (C=O) groups is 1. The monoisotopic (exact) mass is 290 g/mol. The fraction of sp³-hybridized carbons (Fsp3) is 0.150. The zero-order chi connectivity index (χ0) is 15.7. The molecule has 0 radical (unpaired) electrons. The molecule has 2 aromatic carbocycles. The van der Waals surface area contributed by atoms with Crippen LogP contribution in [0.1, 0.15) is 29.2 Å². The van der Waals surface area contributed by atoms with Crippen LogP contribution in [-0.2, 0) is 9.53 Å². The molecule has 0 saturated carbocycles. The molecule has 2 aromatic rings. The van der Waals surface area contributed by atoms with Crippen LogP contribution in [0.3, 0.4) is 0 Å². The molecule has 2 heteroatoms. The van der Waals surface area contributed by atoms with E-state index in [1.807, 2.05) is 50.2 Å². The van der Waals surface area contributed by atoms with Crippen LogP contribution in [0.5, 0.6) is 0 Å². The van der Waals surface area contributed by atoms with Gasteiger partial charge in [0.2, 0.25) is 0 Å². The first-order valence-electron chi connectivity index (χ1n) is 7.41. The molecule has 2 nitrogen and oxygen atoms in total. The van der Waals surface area contributed by atoms with Crippen LogP contribution < -0.4 is 0 Å². The van der Waals surface area contributed by atoms with Gasteiger partial charge in [0.05, 0.1) is 12.2 Å². The van der Waals surface area contributed by atoms with Gasteiger partial charge in [-0.05, 0) is 36.1 Å². The van der Waals surface area contributed by atoms with E-state index in [9.17, 15) is 4.79 Å². The molecular weight excluding hydrogens is 272 g/mol. The average Bonchev–Trinajstić information content (AvgIpc) is 2.82. The highest BCUT2D eigenvalue weighted by Gasteiger charge is 2.30. The van der Waals surface area contributed by atoms with Gasteiger partial charge in [-0.2, -0.15) is 0 Å². The Kier molecular flexibility index (Phi) is 3.68. The van der Waals surface area contributed by atoms with E-state index in [0.29, 0.717) is 12.2 Å². The zero-order valence-electron chi connectivity index (χ0n) is 12.8. The van der Waals surface area contributed by atoms with Gasteiger partial charge in [-0.3, -0.25) is 0 Å². The summed E-state index contributed by atoms with van der Waals surface area (Å²) < 4.78 is 5.25. The van der Waals surface area contributed by atoms with E-state index in [4.69, 9.17) is 4.74 Å². The number of benzene rings is 2. The lowest BCUT2D eigenvalue weighted by Gasteiger charge is -2.09. The van der Waals surface area contributed by atoms with Crippen LogP contribution in [0.4, 0.5) is 0 Å². The molecule has 22 heavy (non-hydrogen) atoms. The number of fused-ring (bicyclic) bond motifs is 1. The van der Waals surface area contributed by atoms with Gasteiger partial charge in [0, 0.05) is 5.57 Å². The Bertz CT molecular complexity index is 780. The van der Waals surface area contributed by atoms with Gasteiger partial charge in [0.25, 0.3) is 0 Å². The zero-order valence-corrected chi connectivity index (χ0v) is 12.8. The summed E-state index contributed by atoms with van der Waals surface area (Å²) in [7, 11) is 0. The van der Waals surface area contributed by atoms with Crippen molar-refractivity contribution in [3.63, 3.8) is 0 Å². The number of ether oxygens (including phenoxy) is 1. The second-order valence-corrected chi connectivity index (χ2v) is 5.36. The molecule has 0 unspecified atom stereocenters. The lowest BCUT2D eigenvalue weighted by Crippen LogP contribution is -2.08. The number of aryl methyl sites for hydroxylation is 1. The van der Waals surface area contributed by atoms with Gasteiger partial charge < -0.3 is 4.74 Å². The first-order chi connectivity index (χ1) is 10.6. The van der Waals surface area contributed by atoms with Crippen molar-refractivity contribution in [2.75, 3.05) is 6.61 Å². The Morgan fingerprint density at radius 1 is 1.05 bits per heavy atom. The Morgan fingerprint density at radius 3 is 2.32 bits per heavy atom. The smallest absolute Gasteiger partial charge is 0.339 e. The molecule has 0 aromatic heterocycles. The molecule has 0 fully saturated rings. The second kappa shape index (κ2) is 5.64. The fourth-order valence-corrected chi connectivity index (χ4v) is 2.83. The maximum atomic E-state index is 12.4. The molecule has 0 saturated heterocycles. The number of esters is 1. The predicted octanol–water partition coefficient (Wildman–Crippen LogP) is 4.39. The molecule has 0 bridgehead atoms. The standard InChI is InChI=1S/C20H18O2/c1-4-22-20(21)18-14(3)16-7-5-6-8-17(16)19(18)15-11-9-13(2)10-12-15/h5-12H,3-4H2,1-2H3. The van der Waals surface area contributed by atoms with Crippen molar-refractivity contribution in [1.29, 1.82) is 0 Å². The summed E-state index contributed by atoms with van der Waals surface area (Å²) in [5, 5.41) is 0. The Hall–Kier alpha value is -2.61. The molecule has 110 valence electrons. The largest absolute Gasteiger partial charge is 0.462 e. The molecule has 0 heterocycles. The molecule has 0 amide bonds. The molecule has 0 N–H and O–H groups in total. The van der Waals surface area contributed by atoms with Gasteiger partial charge in [0.15, 0.2) is 0 Å². The lowest BCUT2D eigenvalue weighted by atomic mass is 9.97. The molecular formula is C20H18O2. The topological polar surface area (TPSA) is 26.3 Å². The van der Waals surface area contributed by atoms with E-state index in [1.165, 1.54) is 5.56 Å². The van der Waals surface area contributed by atoms with Crippen LogP contribution in [-0.4, -0.2) is 12.6 Å². The SMILES string of the molecule is C=C1C(C(=O)OCC)=C(c2ccc(C)cc2)c2ccccc21. The highest BCUT2D eigenvalue weighted by molar-refractivity contribution is 6.20. The third-order valence-electron chi connectivity index (χ3n) is 3.89. The van der Waals surface area contributed by atoms with Crippen molar-refractivity contribution < 1.29 is 9.53 Å². The van der Waals surface area contributed by atoms with Gasteiger partial charge in [0.1, 0.15) is 0 Å². The van der Waals surface area contributed by atoms with Gasteiger partial charge >= 0.3 is 5.97 Å². The number of hydrogen-bond donors (Lipinski definition) is 0. The highest BCUT2D eigenvalue weighted by atomic mass is 16.5. The van der Waals surface area contributed by atoms with Crippen LogP contribution in [0.15, 0.2) is 60.7 Å². The number of hydrogen-bond acceptors (Lipinski definition) is 2. The second-order valence-electron chi connectivity index (χ2n) is 5.36. The minimum absolute atomic E-state index is 0.306. The van der Waals surface area contributed by atoms with E-state index < -0.39 is 0 Å². The minimum atomic E-state index is -0.306. The van der Waals surface area contributed by atoms with Crippen molar-refractivity contribution in [3.8, 4) is 0 Å². The van der Waals surface area contributed by atoms with Gasteiger partial charge in [-0.1, -0.05) is 60.7 Å². The number of rotatable bonds is 3. The Morgan fingerprint density at radius 2 is 1.68 bits per heavy atom. The maximum absolute atomic E-state index is 12.4. The summed E-state index contributed by atoms with van der Waals surface area (Å²) in [6.07, 6.45) is 0. The van der Waals surface area contributed by atoms with Crippen molar-refractivity contribution in [3.05, 3.63) is 82.9 Å². The van der Waals surface area contributed by atoms with Gasteiger partial charge in [-0.15, -0.1) is 0 Å². The Labute approximate surface area is 130 Å². The van der Waals surface area contributed by atoms with Crippen LogP contribution in [0.2, 0.25) is 0 Å².